The van der Waals surface area contributed by atoms with Crippen LogP contribution in [0.1, 0.15) is 0 Å². The maximum atomic E-state index is 5.34. The summed E-state index contributed by atoms with van der Waals surface area (Å²) in [5, 5.41) is 6.99. The van der Waals surface area contributed by atoms with Crippen molar-refractivity contribution < 1.29 is 0 Å². The third-order valence-electron chi connectivity index (χ3n) is 11.1. The van der Waals surface area contributed by atoms with E-state index in [1.807, 2.05) is 48.7 Å². The minimum Gasteiger partial charge on any atom is -0.309 e. The summed E-state index contributed by atoms with van der Waals surface area (Å²) >= 11 is 0. The number of fused-ring (bicyclic) bond motifs is 12. The van der Waals surface area contributed by atoms with Crippen molar-refractivity contribution in [2.24, 2.45) is 0 Å². The fourth-order valence-corrected chi connectivity index (χ4v) is 8.85. The smallest absolute Gasteiger partial charge is 0.238 e. The Labute approximate surface area is 326 Å². The van der Waals surface area contributed by atoms with Crippen LogP contribution < -0.4 is 0 Å². The molecule has 57 heavy (non-hydrogen) atoms. The standard InChI is InChI=1S/C50H31N7/c1-4-17-32(18-5-1)48-52-49(33-19-16-30-51-31-33)54-50(53-48)57-41-29-15-12-26-38(41)44-45-42(36-24-10-13-27-39(36)55(45)34-20-6-2-7-21-34)43-37-25-11-14-28-40(37)56(46(43)47(44)57)35-22-8-3-9-23-35/h1-31H. The van der Waals surface area contributed by atoms with Crippen molar-refractivity contribution in [1.82, 2.24) is 33.6 Å². The lowest BCUT2D eigenvalue weighted by Gasteiger charge is -2.14. The summed E-state index contributed by atoms with van der Waals surface area (Å²) < 4.78 is 7.14. The predicted molar refractivity (Wildman–Crippen MR) is 232 cm³/mol. The van der Waals surface area contributed by atoms with Gasteiger partial charge in [0.25, 0.3) is 0 Å². The SMILES string of the molecule is c1ccc(-c2nc(-c3cccnc3)nc(-n3c4ccccc4c4c5c(c6ccccc6n5-c5ccccc5)c5c6ccccc6n(-c6ccccc6)c5c43)n2)cc1. The fourth-order valence-electron chi connectivity index (χ4n) is 8.85. The lowest BCUT2D eigenvalue weighted by Crippen LogP contribution is -2.07. The second kappa shape index (κ2) is 12.3. The third-order valence-corrected chi connectivity index (χ3v) is 11.1. The molecule has 0 atom stereocenters. The van der Waals surface area contributed by atoms with Crippen molar-refractivity contribution in [3.63, 3.8) is 0 Å². The van der Waals surface area contributed by atoms with Gasteiger partial charge in [0.2, 0.25) is 5.95 Å². The first-order valence-electron chi connectivity index (χ1n) is 19.1. The van der Waals surface area contributed by atoms with Crippen LogP contribution in [0.4, 0.5) is 0 Å². The van der Waals surface area contributed by atoms with Crippen LogP contribution in [0.5, 0.6) is 0 Å². The molecule has 0 spiro atoms. The molecule has 7 nitrogen and oxygen atoms in total. The zero-order valence-corrected chi connectivity index (χ0v) is 30.5. The normalized spacial score (nSPS) is 11.9. The zero-order chi connectivity index (χ0) is 37.5. The summed E-state index contributed by atoms with van der Waals surface area (Å²) in [5.41, 5.74) is 10.4. The van der Waals surface area contributed by atoms with Gasteiger partial charge in [0.1, 0.15) is 0 Å². The summed E-state index contributed by atoms with van der Waals surface area (Å²) in [7, 11) is 0. The van der Waals surface area contributed by atoms with Crippen LogP contribution in [0.25, 0.3) is 106 Å². The molecule has 0 aliphatic heterocycles. The minimum atomic E-state index is 0.529. The van der Waals surface area contributed by atoms with Crippen molar-refractivity contribution in [3.8, 4) is 40.1 Å². The van der Waals surface area contributed by atoms with Crippen molar-refractivity contribution in [3.05, 3.63) is 188 Å². The van der Waals surface area contributed by atoms with E-state index < -0.39 is 0 Å². The van der Waals surface area contributed by atoms with Crippen LogP contribution >= 0.6 is 0 Å². The van der Waals surface area contributed by atoms with E-state index in [9.17, 15) is 0 Å². The highest BCUT2D eigenvalue weighted by Crippen LogP contribution is 2.50. The Morgan fingerprint density at radius 3 is 1.35 bits per heavy atom. The van der Waals surface area contributed by atoms with E-state index in [2.05, 4.69) is 152 Å². The van der Waals surface area contributed by atoms with E-state index in [-0.39, 0.29) is 0 Å². The molecule has 0 fully saturated rings. The molecular weight excluding hydrogens is 699 g/mol. The molecule has 0 amide bonds. The lowest BCUT2D eigenvalue weighted by atomic mass is 10.0. The molecule has 7 aromatic carbocycles. The Bertz CT molecular complexity index is 3440. The molecule has 12 rings (SSSR count). The van der Waals surface area contributed by atoms with Gasteiger partial charge in [-0.15, -0.1) is 0 Å². The van der Waals surface area contributed by atoms with Crippen LogP contribution in [0, 0.1) is 0 Å². The quantitative estimate of drug-likeness (QED) is 0.177. The molecule has 0 aliphatic carbocycles. The van der Waals surface area contributed by atoms with Gasteiger partial charge >= 0.3 is 0 Å². The van der Waals surface area contributed by atoms with E-state index >= 15 is 0 Å². The van der Waals surface area contributed by atoms with E-state index in [0.29, 0.717) is 17.6 Å². The second-order valence-corrected chi connectivity index (χ2v) is 14.3. The van der Waals surface area contributed by atoms with Gasteiger partial charge in [0.15, 0.2) is 11.6 Å². The van der Waals surface area contributed by atoms with Crippen molar-refractivity contribution in [2.75, 3.05) is 0 Å². The van der Waals surface area contributed by atoms with E-state index in [4.69, 9.17) is 15.0 Å². The number of pyridine rings is 1. The van der Waals surface area contributed by atoms with E-state index in [1.165, 1.54) is 21.5 Å². The van der Waals surface area contributed by atoms with Gasteiger partial charge in [-0.2, -0.15) is 9.97 Å². The third kappa shape index (κ3) is 4.60. The van der Waals surface area contributed by atoms with E-state index in [1.54, 1.807) is 6.20 Å². The Hall–Kier alpha value is -7.90. The predicted octanol–water partition coefficient (Wildman–Crippen LogP) is 11.9. The summed E-state index contributed by atoms with van der Waals surface area (Å²) in [6, 6.07) is 61.7. The molecule has 0 radical (unpaired) electrons. The highest BCUT2D eigenvalue weighted by atomic mass is 15.2. The number of rotatable bonds is 5. The van der Waals surface area contributed by atoms with Crippen LogP contribution in [0.15, 0.2) is 188 Å². The Kier molecular flexibility index (Phi) is 6.79. The van der Waals surface area contributed by atoms with Crippen molar-refractivity contribution >= 4 is 65.4 Å². The van der Waals surface area contributed by atoms with Gasteiger partial charge in [-0.05, 0) is 54.6 Å². The first-order chi connectivity index (χ1) is 28.3. The molecule has 12 aromatic rings. The average molecular weight is 730 g/mol. The number of benzene rings is 7. The highest BCUT2D eigenvalue weighted by Gasteiger charge is 2.29. The van der Waals surface area contributed by atoms with Gasteiger partial charge in [-0.3, -0.25) is 9.55 Å². The molecule has 5 heterocycles. The van der Waals surface area contributed by atoms with Crippen LogP contribution in [0.3, 0.4) is 0 Å². The molecule has 0 bridgehead atoms. The van der Waals surface area contributed by atoms with Crippen LogP contribution in [-0.4, -0.2) is 33.6 Å². The second-order valence-electron chi connectivity index (χ2n) is 14.3. The van der Waals surface area contributed by atoms with Gasteiger partial charge < -0.3 is 9.13 Å². The number of para-hydroxylation sites is 5. The van der Waals surface area contributed by atoms with Gasteiger partial charge in [-0.1, -0.05) is 121 Å². The molecule has 266 valence electrons. The topological polar surface area (TPSA) is 66.3 Å². The molecule has 0 saturated heterocycles. The van der Waals surface area contributed by atoms with Gasteiger partial charge in [0.05, 0.1) is 33.1 Å². The van der Waals surface area contributed by atoms with Crippen molar-refractivity contribution in [2.45, 2.75) is 0 Å². The number of hydrogen-bond donors (Lipinski definition) is 0. The number of hydrogen-bond acceptors (Lipinski definition) is 4. The highest BCUT2D eigenvalue weighted by molar-refractivity contribution is 6.40. The molecule has 0 saturated carbocycles. The maximum absolute atomic E-state index is 5.34. The largest absolute Gasteiger partial charge is 0.309 e. The maximum Gasteiger partial charge on any atom is 0.238 e. The summed E-state index contributed by atoms with van der Waals surface area (Å²) in [4.78, 5) is 20.2. The number of aromatic nitrogens is 7. The first-order valence-corrected chi connectivity index (χ1v) is 19.1. The minimum absolute atomic E-state index is 0.529. The zero-order valence-electron chi connectivity index (χ0n) is 30.5. The van der Waals surface area contributed by atoms with Crippen molar-refractivity contribution in [1.29, 1.82) is 0 Å². The van der Waals surface area contributed by atoms with Gasteiger partial charge in [-0.25, -0.2) is 4.98 Å². The summed E-state index contributed by atoms with van der Waals surface area (Å²) in [5.74, 6) is 1.67. The summed E-state index contributed by atoms with van der Waals surface area (Å²) in [6.07, 6.45) is 3.58. The Morgan fingerprint density at radius 1 is 0.333 bits per heavy atom. The Balaban J connectivity index is 1.39. The average Bonchev–Trinajstić information content (AvgIpc) is 3.94. The summed E-state index contributed by atoms with van der Waals surface area (Å²) in [6.45, 7) is 0. The lowest BCUT2D eigenvalue weighted by molar-refractivity contribution is 0.952. The van der Waals surface area contributed by atoms with Crippen LogP contribution in [-0.2, 0) is 0 Å². The fraction of sp³-hybridized carbons (Fsp3) is 0. The van der Waals surface area contributed by atoms with Gasteiger partial charge in [0, 0.05) is 67.2 Å². The monoisotopic (exact) mass is 729 g/mol. The molecule has 7 heteroatoms. The van der Waals surface area contributed by atoms with Crippen LogP contribution in [0.2, 0.25) is 0 Å². The molecular formula is C50H31N7. The molecule has 5 aromatic heterocycles. The first kappa shape index (κ1) is 31.5. The molecule has 0 N–H and O–H groups in total. The molecule has 0 unspecified atom stereocenters. The van der Waals surface area contributed by atoms with E-state index in [0.717, 1.165) is 66.4 Å². The number of nitrogens with zero attached hydrogens (tertiary/aromatic N) is 7. The Morgan fingerprint density at radius 2 is 0.772 bits per heavy atom. The molecule has 0 aliphatic rings.